The molecule has 1 saturated heterocycles. The Balaban J connectivity index is 1.54. The van der Waals surface area contributed by atoms with Crippen molar-refractivity contribution in [1.29, 1.82) is 0 Å². The van der Waals surface area contributed by atoms with Crippen LogP contribution in [-0.4, -0.2) is 34.7 Å². The van der Waals surface area contributed by atoms with Crippen LogP contribution in [0.5, 0.6) is 0 Å². The lowest BCUT2D eigenvalue weighted by atomic mass is 10.2. The Hall–Kier alpha value is -1.73. The Kier molecular flexibility index (Phi) is 4.31. The van der Waals surface area contributed by atoms with Gasteiger partial charge in [-0.25, -0.2) is 4.98 Å². The molecule has 1 aliphatic heterocycles. The van der Waals surface area contributed by atoms with E-state index in [0.717, 1.165) is 24.3 Å². The first-order valence-electron chi connectivity index (χ1n) is 7.05. The fraction of sp³-hybridized carbons (Fsp3) is 0.500. The minimum absolute atomic E-state index is 0.0668. The highest BCUT2D eigenvalue weighted by molar-refractivity contribution is 7.16. The SMILES string of the molecule is O=C(CCn1cnc2sccc2c1=O)NC[C@@H]1CCCO1. The zero-order valence-electron chi connectivity index (χ0n) is 11.6. The number of carbonyl (C=O) groups excluding carboxylic acids is 1. The van der Waals surface area contributed by atoms with Gasteiger partial charge in [0.2, 0.25) is 5.91 Å². The Bertz CT molecular complexity index is 688. The molecule has 0 radical (unpaired) electrons. The van der Waals surface area contributed by atoms with Crippen molar-refractivity contribution in [3.63, 3.8) is 0 Å². The van der Waals surface area contributed by atoms with Gasteiger partial charge in [0.05, 0.1) is 17.8 Å². The normalized spacial score (nSPS) is 18.2. The van der Waals surface area contributed by atoms with E-state index in [1.54, 1.807) is 6.07 Å². The molecule has 1 atom stereocenters. The molecule has 2 aromatic rings. The first-order chi connectivity index (χ1) is 10.2. The van der Waals surface area contributed by atoms with Gasteiger partial charge in [-0.2, -0.15) is 0 Å². The maximum atomic E-state index is 12.1. The summed E-state index contributed by atoms with van der Waals surface area (Å²) >= 11 is 1.44. The van der Waals surface area contributed by atoms with E-state index in [2.05, 4.69) is 10.3 Å². The van der Waals surface area contributed by atoms with Crippen molar-refractivity contribution >= 4 is 27.5 Å². The molecule has 0 spiro atoms. The molecule has 0 aromatic carbocycles. The lowest BCUT2D eigenvalue weighted by molar-refractivity contribution is -0.121. The third-order valence-corrected chi connectivity index (χ3v) is 4.40. The van der Waals surface area contributed by atoms with Crippen LogP contribution in [-0.2, 0) is 16.1 Å². The van der Waals surface area contributed by atoms with Crippen molar-refractivity contribution in [2.24, 2.45) is 0 Å². The molecule has 0 unspecified atom stereocenters. The highest BCUT2D eigenvalue weighted by Gasteiger charge is 2.16. The Labute approximate surface area is 125 Å². The summed E-state index contributed by atoms with van der Waals surface area (Å²) in [5.74, 6) is -0.0668. The van der Waals surface area contributed by atoms with Crippen molar-refractivity contribution in [2.45, 2.75) is 31.9 Å². The molecule has 0 aliphatic carbocycles. The standard InChI is InChI=1S/C14H17N3O3S/c18-12(15-8-10-2-1-6-20-10)3-5-17-9-16-13-11(14(17)19)4-7-21-13/h4,7,9-10H,1-3,5-6,8H2,(H,15,18)/t10-/m0/s1. The predicted octanol–water partition coefficient (Wildman–Crippen LogP) is 1.14. The summed E-state index contributed by atoms with van der Waals surface area (Å²) in [4.78, 5) is 28.9. The molecular formula is C14H17N3O3S. The van der Waals surface area contributed by atoms with Crippen LogP contribution in [0.25, 0.3) is 10.2 Å². The van der Waals surface area contributed by atoms with Crippen LogP contribution in [0.2, 0.25) is 0 Å². The van der Waals surface area contributed by atoms with Gasteiger partial charge in [-0.3, -0.25) is 14.2 Å². The number of nitrogens with zero attached hydrogens (tertiary/aromatic N) is 2. The number of carbonyl (C=O) groups is 1. The predicted molar refractivity (Wildman–Crippen MR) is 80.5 cm³/mol. The number of aryl methyl sites for hydroxylation is 1. The number of hydrogen-bond donors (Lipinski definition) is 1. The first-order valence-corrected chi connectivity index (χ1v) is 7.93. The first kappa shape index (κ1) is 14.2. The van der Waals surface area contributed by atoms with Crippen LogP contribution in [0.15, 0.2) is 22.6 Å². The van der Waals surface area contributed by atoms with E-state index >= 15 is 0 Å². The summed E-state index contributed by atoms with van der Waals surface area (Å²) in [6.45, 7) is 1.67. The number of hydrogen-bond acceptors (Lipinski definition) is 5. The number of fused-ring (bicyclic) bond motifs is 1. The molecule has 112 valence electrons. The van der Waals surface area contributed by atoms with Crippen LogP contribution < -0.4 is 10.9 Å². The molecule has 21 heavy (non-hydrogen) atoms. The van der Waals surface area contributed by atoms with Gasteiger partial charge < -0.3 is 10.1 Å². The van der Waals surface area contributed by atoms with Gasteiger partial charge in [0, 0.05) is 26.1 Å². The fourth-order valence-corrected chi connectivity index (χ4v) is 3.12. The number of aromatic nitrogens is 2. The van der Waals surface area contributed by atoms with Gasteiger partial charge in [0.15, 0.2) is 0 Å². The van der Waals surface area contributed by atoms with E-state index in [9.17, 15) is 9.59 Å². The minimum atomic E-state index is -0.0897. The quantitative estimate of drug-likeness (QED) is 0.899. The molecule has 1 fully saturated rings. The van der Waals surface area contributed by atoms with Crippen molar-refractivity contribution in [3.8, 4) is 0 Å². The summed E-state index contributed by atoms with van der Waals surface area (Å²) in [6.07, 6.45) is 3.97. The van der Waals surface area contributed by atoms with Gasteiger partial charge in [-0.15, -0.1) is 11.3 Å². The number of rotatable bonds is 5. The molecule has 1 amide bonds. The minimum Gasteiger partial charge on any atom is -0.376 e. The zero-order valence-corrected chi connectivity index (χ0v) is 12.4. The average Bonchev–Trinajstić information content (AvgIpc) is 3.15. The third kappa shape index (κ3) is 3.30. The van der Waals surface area contributed by atoms with Crippen molar-refractivity contribution in [1.82, 2.24) is 14.9 Å². The third-order valence-electron chi connectivity index (χ3n) is 3.58. The van der Waals surface area contributed by atoms with Gasteiger partial charge in [0.25, 0.3) is 5.56 Å². The number of amides is 1. The van der Waals surface area contributed by atoms with E-state index in [0.29, 0.717) is 18.5 Å². The van der Waals surface area contributed by atoms with Crippen LogP contribution >= 0.6 is 11.3 Å². The largest absolute Gasteiger partial charge is 0.376 e. The molecule has 1 N–H and O–H groups in total. The molecule has 6 nitrogen and oxygen atoms in total. The zero-order chi connectivity index (χ0) is 14.7. The summed E-state index contributed by atoms with van der Waals surface area (Å²) in [7, 11) is 0. The highest BCUT2D eigenvalue weighted by atomic mass is 32.1. The topological polar surface area (TPSA) is 73.2 Å². The maximum absolute atomic E-state index is 12.1. The Morgan fingerprint density at radius 2 is 2.48 bits per heavy atom. The van der Waals surface area contributed by atoms with Crippen LogP contribution in [0.3, 0.4) is 0 Å². The molecule has 2 aromatic heterocycles. The van der Waals surface area contributed by atoms with Crippen LogP contribution in [0.1, 0.15) is 19.3 Å². The van der Waals surface area contributed by atoms with Gasteiger partial charge in [0.1, 0.15) is 4.83 Å². The molecule has 3 rings (SSSR count). The smallest absolute Gasteiger partial charge is 0.262 e. The molecule has 0 saturated carbocycles. The average molecular weight is 307 g/mol. The maximum Gasteiger partial charge on any atom is 0.262 e. The monoisotopic (exact) mass is 307 g/mol. The molecule has 0 bridgehead atoms. The van der Waals surface area contributed by atoms with Gasteiger partial charge >= 0.3 is 0 Å². The number of ether oxygens (including phenoxy) is 1. The Morgan fingerprint density at radius 3 is 3.29 bits per heavy atom. The van der Waals surface area contributed by atoms with Gasteiger partial charge in [-0.1, -0.05) is 0 Å². The van der Waals surface area contributed by atoms with E-state index in [1.807, 2.05) is 5.38 Å². The summed E-state index contributed by atoms with van der Waals surface area (Å²) in [6, 6.07) is 1.77. The highest BCUT2D eigenvalue weighted by Crippen LogP contribution is 2.13. The second kappa shape index (κ2) is 6.36. The van der Waals surface area contributed by atoms with Crippen LogP contribution in [0, 0.1) is 0 Å². The van der Waals surface area contributed by atoms with Crippen LogP contribution in [0.4, 0.5) is 0 Å². The summed E-state index contributed by atoms with van der Waals surface area (Å²) in [5, 5.41) is 5.31. The van der Waals surface area contributed by atoms with Crippen molar-refractivity contribution in [3.05, 3.63) is 28.1 Å². The lowest BCUT2D eigenvalue weighted by Gasteiger charge is -2.11. The van der Waals surface area contributed by atoms with E-state index in [-0.39, 0.29) is 24.0 Å². The second-order valence-electron chi connectivity index (χ2n) is 5.07. The summed E-state index contributed by atoms with van der Waals surface area (Å²) < 4.78 is 6.93. The lowest BCUT2D eigenvalue weighted by Crippen LogP contribution is -2.33. The van der Waals surface area contributed by atoms with Crippen molar-refractivity contribution < 1.29 is 9.53 Å². The van der Waals surface area contributed by atoms with E-state index in [1.165, 1.54) is 22.2 Å². The molecule has 3 heterocycles. The molecular weight excluding hydrogens is 290 g/mol. The van der Waals surface area contributed by atoms with E-state index < -0.39 is 0 Å². The second-order valence-corrected chi connectivity index (χ2v) is 5.97. The van der Waals surface area contributed by atoms with Gasteiger partial charge in [-0.05, 0) is 24.3 Å². The number of thiophene rings is 1. The summed E-state index contributed by atoms with van der Waals surface area (Å²) in [5.41, 5.74) is -0.0897. The fourth-order valence-electron chi connectivity index (χ4n) is 2.40. The van der Waals surface area contributed by atoms with E-state index in [4.69, 9.17) is 4.74 Å². The number of nitrogens with one attached hydrogen (secondary N) is 1. The Morgan fingerprint density at radius 1 is 1.57 bits per heavy atom. The molecule has 7 heteroatoms. The molecule has 1 aliphatic rings. The van der Waals surface area contributed by atoms with Crippen molar-refractivity contribution in [2.75, 3.05) is 13.2 Å².